The molecule has 0 aliphatic carbocycles. The minimum atomic E-state index is 0.720. The first-order valence-corrected chi connectivity index (χ1v) is 11.8. The van der Waals surface area contributed by atoms with E-state index in [1.54, 1.807) is 18.0 Å². The molecular weight excluding hydrogens is 428 g/mol. The molecule has 6 nitrogen and oxygen atoms in total. The average molecular weight is 453 g/mol. The van der Waals surface area contributed by atoms with Crippen LogP contribution in [0.1, 0.15) is 28.2 Å². The van der Waals surface area contributed by atoms with Gasteiger partial charge in [0.15, 0.2) is 11.0 Å². The van der Waals surface area contributed by atoms with Gasteiger partial charge < -0.3 is 4.98 Å². The van der Waals surface area contributed by atoms with Crippen molar-refractivity contribution in [1.82, 2.24) is 29.7 Å². The molecule has 3 heterocycles. The van der Waals surface area contributed by atoms with E-state index in [0.29, 0.717) is 0 Å². The highest BCUT2D eigenvalue weighted by molar-refractivity contribution is 7.98. The molecule has 0 saturated heterocycles. The third-order valence-corrected chi connectivity index (χ3v) is 6.42. The summed E-state index contributed by atoms with van der Waals surface area (Å²) >= 11 is 1.64. The van der Waals surface area contributed by atoms with Gasteiger partial charge in [0.05, 0.1) is 5.69 Å². The molecular formula is C26H24N6S. The summed E-state index contributed by atoms with van der Waals surface area (Å²) in [5.74, 6) is 2.47. The molecule has 5 rings (SSSR count). The minimum absolute atomic E-state index is 0.720. The molecule has 0 radical (unpaired) electrons. The molecule has 0 aliphatic rings. The van der Waals surface area contributed by atoms with Crippen molar-refractivity contribution in [1.29, 1.82) is 0 Å². The summed E-state index contributed by atoms with van der Waals surface area (Å²) in [6.07, 6.45) is 6.28. The quantitative estimate of drug-likeness (QED) is 0.328. The van der Waals surface area contributed by atoms with Crippen LogP contribution in [0.5, 0.6) is 0 Å². The smallest absolute Gasteiger partial charge is 0.196 e. The molecule has 1 N–H and O–H groups in total. The topological polar surface area (TPSA) is 72.3 Å². The highest BCUT2D eigenvalue weighted by Gasteiger charge is 2.18. The van der Waals surface area contributed by atoms with Crippen LogP contribution in [0.4, 0.5) is 0 Å². The van der Waals surface area contributed by atoms with Gasteiger partial charge in [0.25, 0.3) is 0 Å². The Kier molecular flexibility index (Phi) is 6.04. The molecule has 0 fully saturated rings. The zero-order valence-electron chi connectivity index (χ0n) is 18.6. The number of pyridine rings is 1. The van der Waals surface area contributed by atoms with Crippen molar-refractivity contribution in [2.45, 2.75) is 31.2 Å². The summed E-state index contributed by atoms with van der Waals surface area (Å²) in [6, 6.07) is 20.8. The largest absolute Gasteiger partial charge is 0.345 e. The summed E-state index contributed by atoms with van der Waals surface area (Å²) < 4.78 is 2.11. The first kappa shape index (κ1) is 21.2. The molecule has 164 valence electrons. The standard InChI is InChI=1S/C26H24N6S/c1-18-9-11-20(12-10-18)14-24-28-16-22(29-24)17-33-26-31-30-25(21-7-5-13-27-15-21)32(26)23-8-4-3-6-19(23)2/h3-13,15-16H,14,17H2,1-2H3,(H,28,29). The number of nitrogens with zero attached hydrogens (tertiary/aromatic N) is 5. The van der Waals surface area contributed by atoms with E-state index < -0.39 is 0 Å². The molecule has 0 saturated carbocycles. The van der Waals surface area contributed by atoms with E-state index in [2.05, 4.69) is 80.0 Å². The summed E-state index contributed by atoms with van der Waals surface area (Å²) in [5.41, 5.74) is 6.72. The maximum absolute atomic E-state index is 4.57. The monoisotopic (exact) mass is 452 g/mol. The average Bonchev–Trinajstić information content (AvgIpc) is 3.47. The molecule has 0 atom stereocenters. The molecule has 33 heavy (non-hydrogen) atoms. The fraction of sp³-hybridized carbons (Fsp3) is 0.154. The summed E-state index contributed by atoms with van der Waals surface area (Å²) in [7, 11) is 0. The van der Waals surface area contributed by atoms with Crippen molar-refractivity contribution in [2.75, 3.05) is 0 Å². The summed E-state index contributed by atoms with van der Waals surface area (Å²) in [4.78, 5) is 12.3. The van der Waals surface area contributed by atoms with Crippen LogP contribution < -0.4 is 0 Å². The number of H-pyrrole nitrogens is 1. The Morgan fingerprint density at radius 3 is 2.55 bits per heavy atom. The van der Waals surface area contributed by atoms with Gasteiger partial charge in [0.2, 0.25) is 0 Å². The Labute approximate surface area is 197 Å². The molecule has 0 bridgehead atoms. The second-order valence-corrected chi connectivity index (χ2v) is 8.92. The number of thioether (sulfide) groups is 1. The van der Waals surface area contributed by atoms with Crippen LogP contribution >= 0.6 is 11.8 Å². The normalized spacial score (nSPS) is 11.1. The fourth-order valence-corrected chi connectivity index (χ4v) is 4.53. The van der Waals surface area contributed by atoms with Crippen molar-refractivity contribution < 1.29 is 0 Å². The molecule has 0 amide bonds. The van der Waals surface area contributed by atoms with Crippen LogP contribution in [0.2, 0.25) is 0 Å². The van der Waals surface area contributed by atoms with Gasteiger partial charge in [-0.3, -0.25) is 9.55 Å². The Bertz CT molecular complexity index is 1360. The molecule has 0 spiro atoms. The van der Waals surface area contributed by atoms with Crippen LogP contribution in [0, 0.1) is 13.8 Å². The number of aromatic nitrogens is 6. The van der Waals surface area contributed by atoms with Crippen LogP contribution in [-0.4, -0.2) is 29.7 Å². The van der Waals surface area contributed by atoms with Gasteiger partial charge in [-0.05, 0) is 43.2 Å². The van der Waals surface area contributed by atoms with Gasteiger partial charge in [-0.25, -0.2) is 4.98 Å². The zero-order chi connectivity index (χ0) is 22.6. The fourth-order valence-electron chi connectivity index (χ4n) is 3.69. The van der Waals surface area contributed by atoms with E-state index in [4.69, 9.17) is 0 Å². The zero-order valence-corrected chi connectivity index (χ0v) is 19.4. The molecule has 2 aromatic carbocycles. The number of para-hydroxylation sites is 1. The first-order valence-electron chi connectivity index (χ1n) is 10.8. The third kappa shape index (κ3) is 4.73. The van der Waals surface area contributed by atoms with Gasteiger partial charge in [-0.1, -0.05) is 59.8 Å². The SMILES string of the molecule is Cc1ccc(Cc2ncc(CSc3nnc(-c4cccnc4)n3-c3ccccc3C)[nH]2)cc1. The minimum Gasteiger partial charge on any atom is -0.345 e. The first-order chi connectivity index (χ1) is 16.2. The number of benzene rings is 2. The van der Waals surface area contributed by atoms with Gasteiger partial charge in [-0.15, -0.1) is 10.2 Å². The van der Waals surface area contributed by atoms with E-state index in [9.17, 15) is 0 Å². The Balaban J connectivity index is 1.39. The highest BCUT2D eigenvalue weighted by atomic mass is 32.2. The van der Waals surface area contributed by atoms with Crippen LogP contribution in [0.15, 0.2) is 84.4 Å². The summed E-state index contributed by atoms with van der Waals surface area (Å²) in [6.45, 7) is 4.20. The van der Waals surface area contributed by atoms with E-state index in [1.807, 2.05) is 36.7 Å². The Hall–Kier alpha value is -3.71. The number of imidazole rings is 1. The van der Waals surface area contributed by atoms with Crippen molar-refractivity contribution in [3.8, 4) is 17.1 Å². The second-order valence-electron chi connectivity index (χ2n) is 7.98. The van der Waals surface area contributed by atoms with Gasteiger partial charge in [0.1, 0.15) is 5.82 Å². The predicted molar refractivity (Wildman–Crippen MR) is 131 cm³/mol. The predicted octanol–water partition coefficient (Wildman–Crippen LogP) is 5.55. The number of aromatic amines is 1. The number of rotatable bonds is 7. The maximum Gasteiger partial charge on any atom is 0.196 e. The number of aryl methyl sites for hydroxylation is 2. The van der Waals surface area contributed by atoms with Gasteiger partial charge in [-0.2, -0.15) is 0 Å². The number of hydrogen-bond donors (Lipinski definition) is 1. The third-order valence-electron chi connectivity index (χ3n) is 5.44. The van der Waals surface area contributed by atoms with E-state index in [-0.39, 0.29) is 0 Å². The lowest BCUT2D eigenvalue weighted by atomic mass is 10.1. The number of nitrogens with one attached hydrogen (secondary N) is 1. The molecule has 7 heteroatoms. The van der Waals surface area contributed by atoms with Crippen molar-refractivity contribution in [3.63, 3.8) is 0 Å². The van der Waals surface area contributed by atoms with Gasteiger partial charge >= 0.3 is 0 Å². The van der Waals surface area contributed by atoms with E-state index in [0.717, 1.165) is 51.5 Å². The molecule has 0 unspecified atom stereocenters. The van der Waals surface area contributed by atoms with E-state index >= 15 is 0 Å². The molecule has 0 aliphatic heterocycles. The van der Waals surface area contributed by atoms with Crippen LogP contribution in [0.25, 0.3) is 17.1 Å². The van der Waals surface area contributed by atoms with Crippen molar-refractivity contribution >= 4 is 11.8 Å². The Morgan fingerprint density at radius 2 is 1.76 bits per heavy atom. The van der Waals surface area contributed by atoms with Crippen LogP contribution in [0.3, 0.4) is 0 Å². The lowest BCUT2D eigenvalue weighted by molar-refractivity contribution is 0.879. The second kappa shape index (κ2) is 9.42. The van der Waals surface area contributed by atoms with Gasteiger partial charge in [0, 0.05) is 42.0 Å². The molecule has 3 aromatic heterocycles. The van der Waals surface area contributed by atoms with E-state index in [1.165, 1.54) is 11.1 Å². The summed E-state index contributed by atoms with van der Waals surface area (Å²) in [5, 5.41) is 9.86. The lowest BCUT2D eigenvalue weighted by Gasteiger charge is -2.12. The molecule has 5 aromatic rings. The lowest BCUT2D eigenvalue weighted by Crippen LogP contribution is -2.02. The highest BCUT2D eigenvalue weighted by Crippen LogP contribution is 2.30. The van der Waals surface area contributed by atoms with Crippen molar-refractivity contribution in [3.05, 3.63) is 107 Å². The van der Waals surface area contributed by atoms with Crippen LogP contribution in [-0.2, 0) is 12.2 Å². The number of hydrogen-bond acceptors (Lipinski definition) is 5. The maximum atomic E-state index is 4.57. The Morgan fingerprint density at radius 1 is 0.909 bits per heavy atom. The van der Waals surface area contributed by atoms with Crippen molar-refractivity contribution in [2.24, 2.45) is 0 Å².